The van der Waals surface area contributed by atoms with E-state index in [1.54, 1.807) is 12.5 Å². The summed E-state index contributed by atoms with van der Waals surface area (Å²) in [4.78, 5) is 8.89. The van der Waals surface area contributed by atoms with Crippen molar-refractivity contribution in [1.82, 2.24) is 15.1 Å². The largest absolute Gasteiger partial charge is 0.464 e. The van der Waals surface area contributed by atoms with E-state index in [1.165, 1.54) is 0 Å². The van der Waals surface area contributed by atoms with Gasteiger partial charge in [0.15, 0.2) is 5.82 Å². The second-order valence-electron chi connectivity index (χ2n) is 5.75. The van der Waals surface area contributed by atoms with Gasteiger partial charge in [0, 0.05) is 24.6 Å². The molecule has 3 aromatic rings. The fraction of sp³-hybridized carbons (Fsp3) is 0.438. The molecule has 0 amide bonds. The van der Waals surface area contributed by atoms with Crippen molar-refractivity contribution in [3.05, 3.63) is 36.3 Å². The van der Waals surface area contributed by atoms with Gasteiger partial charge in [-0.25, -0.2) is 4.98 Å². The van der Waals surface area contributed by atoms with Crippen LogP contribution >= 0.6 is 0 Å². The standard InChI is InChI=1S/C16H18N4O2/c1-2-14-19-16(22-20-14)10-3-4-11(9-10)18-15-12-6-8-21-13(12)5-7-17-15/h5-8,10-11H,2-4,9H2,1H3,(H,17,18). The molecule has 3 heterocycles. The molecule has 6 nitrogen and oxygen atoms in total. The zero-order chi connectivity index (χ0) is 14.9. The molecular weight excluding hydrogens is 280 g/mol. The monoisotopic (exact) mass is 298 g/mol. The number of rotatable bonds is 4. The molecule has 0 aromatic carbocycles. The summed E-state index contributed by atoms with van der Waals surface area (Å²) in [5, 5.41) is 8.55. The summed E-state index contributed by atoms with van der Waals surface area (Å²) in [6, 6.07) is 4.20. The Bertz CT molecular complexity index is 779. The van der Waals surface area contributed by atoms with Crippen LogP contribution in [0.4, 0.5) is 5.82 Å². The van der Waals surface area contributed by atoms with Gasteiger partial charge in [-0.2, -0.15) is 4.98 Å². The summed E-state index contributed by atoms with van der Waals surface area (Å²) < 4.78 is 10.8. The van der Waals surface area contributed by atoms with E-state index in [2.05, 4.69) is 20.4 Å². The number of hydrogen-bond donors (Lipinski definition) is 1. The maximum atomic E-state index is 5.42. The van der Waals surface area contributed by atoms with Crippen LogP contribution in [0, 0.1) is 0 Å². The molecule has 3 aromatic heterocycles. The average molecular weight is 298 g/mol. The van der Waals surface area contributed by atoms with Crippen molar-refractivity contribution in [2.75, 3.05) is 5.32 Å². The molecule has 4 rings (SSSR count). The summed E-state index contributed by atoms with van der Waals surface area (Å²) in [6.45, 7) is 2.03. The highest BCUT2D eigenvalue weighted by Gasteiger charge is 2.30. The highest BCUT2D eigenvalue weighted by Crippen LogP contribution is 2.35. The summed E-state index contributed by atoms with van der Waals surface area (Å²) in [7, 11) is 0. The Balaban J connectivity index is 1.48. The van der Waals surface area contributed by atoms with Crippen molar-refractivity contribution in [2.24, 2.45) is 0 Å². The van der Waals surface area contributed by atoms with E-state index >= 15 is 0 Å². The third-order valence-corrected chi connectivity index (χ3v) is 4.30. The van der Waals surface area contributed by atoms with E-state index in [1.807, 2.05) is 19.1 Å². The normalized spacial score (nSPS) is 21.5. The van der Waals surface area contributed by atoms with E-state index in [4.69, 9.17) is 8.94 Å². The van der Waals surface area contributed by atoms with Crippen LogP contribution in [0.5, 0.6) is 0 Å². The van der Waals surface area contributed by atoms with Crippen LogP contribution in [0.25, 0.3) is 11.0 Å². The predicted octanol–water partition coefficient (Wildman–Crippen LogP) is 3.52. The second-order valence-corrected chi connectivity index (χ2v) is 5.75. The first-order valence-corrected chi connectivity index (χ1v) is 7.74. The van der Waals surface area contributed by atoms with Gasteiger partial charge in [0.1, 0.15) is 11.4 Å². The van der Waals surface area contributed by atoms with Crippen LogP contribution in [0.1, 0.15) is 43.8 Å². The Morgan fingerprint density at radius 3 is 3.14 bits per heavy atom. The van der Waals surface area contributed by atoms with Gasteiger partial charge in [0.25, 0.3) is 0 Å². The fourth-order valence-electron chi connectivity index (χ4n) is 3.12. The molecular formula is C16H18N4O2. The van der Waals surface area contributed by atoms with E-state index in [0.29, 0.717) is 12.0 Å². The van der Waals surface area contributed by atoms with Gasteiger partial charge in [-0.3, -0.25) is 0 Å². The van der Waals surface area contributed by atoms with Crippen molar-refractivity contribution in [2.45, 2.75) is 44.6 Å². The quantitative estimate of drug-likeness (QED) is 0.794. The number of aromatic nitrogens is 3. The van der Waals surface area contributed by atoms with Gasteiger partial charge in [-0.1, -0.05) is 12.1 Å². The number of pyridine rings is 1. The molecule has 1 N–H and O–H groups in total. The minimum absolute atomic E-state index is 0.342. The molecule has 0 radical (unpaired) electrons. The predicted molar refractivity (Wildman–Crippen MR) is 81.7 cm³/mol. The zero-order valence-electron chi connectivity index (χ0n) is 12.5. The Labute approximate surface area is 127 Å². The molecule has 1 aliphatic rings. The van der Waals surface area contributed by atoms with Crippen molar-refractivity contribution < 1.29 is 8.94 Å². The summed E-state index contributed by atoms with van der Waals surface area (Å²) in [6.07, 6.45) is 7.40. The van der Waals surface area contributed by atoms with Gasteiger partial charge >= 0.3 is 0 Å². The maximum absolute atomic E-state index is 5.42. The lowest BCUT2D eigenvalue weighted by Gasteiger charge is -2.13. The van der Waals surface area contributed by atoms with Gasteiger partial charge in [0.05, 0.1) is 11.6 Å². The first-order valence-electron chi connectivity index (χ1n) is 7.74. The van der Waals surface area contributed by atoms with Gasteiger partial charge < -0.3 is 14.3 Å². The summed E-state index contributed by atoms with van der Waals surface area (Å²) >= 11 is 0. The first-order chi connectivity index (χ1) is 10.8. The van der Waals surface area contributed by atoms with Gasteiger partial charge in [0.2, 0.25) is 5.89 Å². The summed E-state index contributed by atoms with van der Waals surface area (Å²) in [5.41, 5.74) is 0.858. The Morgan fingerprint density at radius 2 is 2.27 bits per heavy atom. The van der Waals surface area contributed by atoms with Gasteiger partial charge in [-0.05, 0) is 31.4 Å². The SMILES string of the molecule is CCc1noc(C2CCC(Nc3nccc4occc34)C2)n1. The fourth-order valence-corrected chi connectivity index (χ4v) is 3.12. The first kappa shape index (κ1) is 13.3. The summed E-state index contributed by atoms with van der Waals surface area (Å²) in [5.74, 6) is 2.79. The lowest BCUT2D eigenvalue weighted by atomic mass is 10.1. The minimum atomic E-state index is 0.342. The Morgan fingerprint density at radius 1 is 1.32 bits per heavy atom. The molecule has 114 valence electrons. The number of anilines is 1. The topological polar surface area (TPSA) is 77.0 Å². The molecule has 2 atom stereocenters. The lowest BCUT2D eigenvalue weighted by molar-refractivity contribution is 0.350. The highest BCUT2D eigenvalue weighted by molar-refractivity contribution is 5.87. The second kappa shape index (κ2) is 5.44. The highest BCUT2D eigenvalue weighted by atomic mass is 16.5. The van der Waals surface area contributed by atoms with Crippen LogP contribution in [-0.4, -0.2) is 21.2 Å². The maximum Gasteiger partial charge on any atom is 0.229 e. The van der Waals surface area contributed by atoms with Crippen LogP contribution < -0.4 is 5.32 Å². The number of aryl methyl sites for hydroxylation is 1. The smallest absolute Gasteiger partial charge is 0.229 e. The molecule has 0 saturated heterocycles. The molecule has 22 heavy (non-hydrogen) atoms. The molecule has 0 aliphatic heterocycles. The third-order valence-electron chi connectivity index (χ3n) is 4.30. The number of furan rings is 1. The molecule has 0 bridgehead atoms. The zero-order valence-corrected chi connectivity index (χ0v) is 12.5. The van der Waals surface area contributed by atoms with Crippen molar-refractivity contribution >= 4 is 16.8 Å². The minimum Gasteiger partial charge on any atom is -0.464 e. The van der Waals surface area contributed by atoms with Crippen LogP contribution in [0.2, 0.25) is 0 Å². The van der Waals surface area contributed by atoms with Crippen LogP contribution in [0.3, 0.4) is 0 Å². The van der Waals surface area contributed by atoms with Gasteiger partial charge in [-0.15, -0.1) is 0 Å². The van der Waals surface area contributed by atoms with E-state index < -0.39 is 0 Å². The molecule has 1 fully saturated rings. The lowest BCUT2D eigenvalue weighted by Crippen LogP contribution is -2.16. The molecule has 2 unspecified atom stereocenters. The number of nitrogens with one attached hydrogen (secondary N) is 1. The Hall–Kier alpha value is -2.37. The molecule has 0 spiro atoms. The Kier molecular flexibility index (Phi) is 3.29. The van der Waals surface area contributed by atoms with Crippen molar-refractivity contribution in [1.29, 1.82) is 0 Å². The molecule has 1 aliphatic carbocycles. The molecule has 6 heteroatoms. The number of nitrogens with zero attached hydrogens (tertiary/aromatic N) is 3. The van der Waals surface area contributed by atoms with E-state index in [0.717, 1.165) is 54.2 Å². The van der Waals surface area contributed by atoms with E-state index in [9.17, 15) is 0 Å². The van der Waals surface area contributed by atoms with Crippen molar-refractivity contribution in [3.63, 3.8) is 0 Å². The molecule has 1 saturated carbocycles. The average Bonchev–Trinajstić information content (AvgIpc) is 3.27. The van der Waals surface area contributed by atoms with Crippen molar-refractivity contribution in [3.8, 4) is 0 Å². The third kappa shape index (κ3) is 2.34. The number of hydrogen-bond acceptors (Lipinski definition) is 6. The van der Waals surface area contributed by atoms with E-state index in [-0.39, 0.29) is 0 Å². The van der Waals surface area contributed by atoms with Crippen LogP contribution in [-0.2, 0) is 6.42 Å². The van der Waals surface area contributed by atoms with Crippen LogP contribution in [0.15, 0.2) is 33.5 Å². The number of fused-ring (bicyclic) bond motifs is 1.